The summed E-state index contributed by atoms with van der Waals surface area (Å²) in [7, 11) is 2.56. The van der Waals surface area contributed by atoms with Crippen LogP contribution >= 0.6 is 0 Å². The van der Waals surface area contributed by atoms with Crippen molar-refractivity contribution in [2.24, 2.45) is 0 Å². The second-order valence-corrected chi connectivity index (χ2v) is 42.1. The molecule has 32 aromatic carbocycles. The van der Waals surface area contributed by atoms with E-state index in [0.717, 1.165) is 50.3 Å². The van der Waals surface area contributed by atoms with Crippen molar-refractivity contribution in [1.29, 1.82) is 0 Å². The van der Waals surface area contributed by atoms with Gasteiger partial charge in [-0.15, -0.1) is 0 Å². The molecule has 1 radical (unpaired) electrons. The average Bonchev–Trinajstić information content (AvgIpc) is 1.38. The van der Waals surface area contributed by atoms with Gasteiger partial charge in [0.25, 0.3) is 0 Å². The van der Waals surface area contributed by atoms with Crippen LogP contribution in [0.1, 0.15) is 113 Å². The third-order valence-electron chi connectivity index (χ3n) is 35.5. The zero-order chi connectivity index (χ0) is 73.5. The number of hydrogen-bond acceptors (Lipinski definition) is 7. The topological polar surface area (TPSA) is 109 Å². The van der Waals surface area contributed by atoms with Gasteiger partial charge in [-0.2, -0.15) is 0 Å². The number of likely N-dealkylation sites (N-methyl/N-ethyl adjacent to an activating group) is 1. The normalized spacial score (nSPS) is 19.7. The SMILES string of the molecule is CN1CC23c4c5c6c7c8c9c(c%10c%11c2c2c%12c4c4c%13c5c5c7c7c8c8c%14c9c%10c9c%10c%11c2c2c%11c%12c4c4c%12c%13c5c5c7c7c8c8c%14c9c9c%10c2c2c%11c4c4c%12c5c7c5c8c9c2c45)C63C1c1ccc2c(c1)-c1nc-2nc2[n-]c(nc3nc(nc4[n-]c(n1)c1ccc(C(C)(C)C)cc41)-c1ccc(C(C)(C)C)cc1-3)c1ccc(C(C)(C)C)cc21.[Cu+2]. The standard InChI is InChI=1S/C107H45N9.Cu/c1-103(2,3)25-12-16-29-33(20-25)101-111-96(29)109-99-32-19-24(11-15-28(32)95(108-99)110-100-34-21-26(104(4,5)6)13-17-30(34)97(112-100)114-102-35-22-27(105(7,8)9)14-18-31(35)98(113-101)115-102)94-107-92-85-77-65-57-48-39-37-36-38-42(39)51-58-56-47(38)49-45-40(36)43-44-41(37)46-50(48)63(65)71-69-55(46)53(44)61-60-52(43)54(45)68-70-62(49)64(56)76-78-66(58)67(59(51)57)79(77)88(92)87(78)90-83(76)81(70)84-74(68)72(60)80-73(61)75(69)86(82(71)85)93(107)89(80)91(84)106(90,107)23-116(94)10;/h11-22,94H,23H2,1-10H3;/q-2;+2. The zero-order valence-corrected chi connectivity index (χ0v) is 65.0. The molecule has 3 atom stereocenters. The van der Waals surface area contributed by atoms with Gasteiger partial charge in [-0.1, -0.05) is 111 Å². The Bertz CT molecular complexity index is 11100. The minimum Gasteiger partial charge on any atom is -0.357 e. The first-order valence-electron chi connectivity index (χ1n) is 42.2. The maximum Gasteiger partial charge on any atom is 2.00 e. The molecule has 42 rings (SSSR count). The van der Waals surface area contributed by atoms with Gasteiger partial charge in [0.05, 0.1) is 34.1 Å². The third-order valence-corrected chi connectivity index (χ3v) is 35.5. The van der Waals surface area contributed by atoms with E-state index in [9.17, 15) is 0 Å². The van der Waals surface area contributed by atoms with Crippen LogP contribution in [-0.4, -0.2) is 48.4 Å². The quantitative estimate of drug-likeness (QED) is 0.117. The van der Waals surface area contributed by atoms with Crippen molar-refractivity contribution < 1.29 is 17.1 Å². The van der Waals surface area contributed by atoms with Gasteiger partial charge in [-0.05, 0) is 404 Å². The molecular formula is C107H45CuN9. The maximum atomic E-state index is 5.91. The van der Waals surface area contributed by atoms with Crippen molar-refractivity contribution in [2.75, 3.05) is 13.6 Å². The molecule has 3 unspecified atom stereocenters. The Hall–Kier alpha value is -12.8. The van der Waals surface area contributed by atoms with Gasteiger partial charge in [-0.3, -0.25) is 4.90 Å². The van der Waals surface area contributed by atoms with E-state index in [1.54, 1.807) is 313 Å². The first-order valence-corrected chi connectivity index (χ1v) is 42.2. The smallest absolute Gasteiger partial charge is 0.357 e. The molecule has 1 saturated heterocycles. The van der Waals surface area contributed by atoms with Crippen LogP contribution < -0.4 is 9.97 Å². The minimum atomic E-state index is -0.585. The molecule has 35 aromatic rings. The molecule has 2 spiro atoms. The zero-order valence-electron chi connectivity index (χ0n) is 64.0. The van der Waals surface area contributed by atoms with Gasteiger partial charge in [0.1, 0.15) is 0 Å². The number of likely N-dealkylation sites (tertiary alicyclic amines) is 1. The molecule has 3 aliphatic heterocycles. The summed E-state index contributed by atoms with van der Waals surface area (Å²) in [5.74, 6) is 2.31. The monoisotopic (exact) mass is 1520 g/mol. The summed E-state index contributed by atoms with van der Waals surface area (Å²) in [5, 5.41) is 90.9. The van der Waals surface area contributed by atoms with E-state index in [1.165, 1.54) is 22.3 Å². The van der Waals surface area contributed by atoms with Crippen LogP contribution in [0.4, 0.5) is 0 Å². The van der Waals surface area contributed by atoms with Gasteiger partial charge in [-0.25, -0.2) is 9.97 Å². The number of fused-ring (bicyclic) bond motifs is 20. The second kappa shape index (κ2) is 13.9. The fourth-order valence-corrected chi connectivity index (χ4v) is 32.8. The van der Waals surface area contributed by atoms with E-state index in [4.69, 9.17) is 39.9 Å². The summed E-state index contributed by atoms with van der Waals surface area (Å²) in [6, 6.07) is 27.6. The Balaban J connectivity index is 0.00000594. The van der Waals surface area contributed by atoms with Crippen LogP contribution in [0.5, 0.6) is 0 Å². The summed E-state index contributed by atoms with van der Waals surface area (Å²) >= 11 is 0. The summed E-state index contributed by atoms with van der Waals surface area (Å²) in [6.07, 6.45) is 0. The predicted octanol–water partition coefficient (Wildman–Crippen LogP) is 26.3. The molecule has 1 fully saturated rings. The van der Waals surface area contributed by atoms with Crippen molar-refractivity contribution in [2.45, 2.75) is 95.4 Å². The van der Waals surface area contributed by atoms with Crippen LogP contribution in [-0.2, 0) is 44.1 Å². The van der Waals surface area contributed by atoms with Gasteiger partial charge >= 0.3 is 17.1 Å². The van der Waals surface area contributed by atoms with Crippen LogP contribution in [0.25, 0.3) is 381 Å². The molecule has 7 aliphatic rings. The van der Waals surface area contributed by atoms with E-state index < -0.39 is 10.8 Å². The first kappa shape index (κ1) is 54.1. The van der Waals surface area contributed by atoms with Crippen molar-refractivity contribution in [3.05, 3.63) is 117 Å². The Morgan fingerprint density at radius 2 is 0.513 bits per heavy atom. The summed E-state index contributed by atoms with van der Waals surface area (Å²) in [5.41, 5.74) is 16.1. The third kappa shape index (κ3) is 4.01. The van der Waals surface area contributed by atoms with E-state index >= 15 is 0 Å². The van der Waals surface area contributed by atoms with Gasteiger partial charge < -0.3 is 29.9 Å². The van der Waals surface area contributed by atoms with E-state index in [1.807, 2.05) is 0 Å². The van der Waals surface area contributed by atoms with Crippen LogP contribution in [0, 0.1) is 0 Å². The average molecular weight is 1520 g/mol. The second-order valence-electron chi connectivity index (χ2n) is 42.1. The molecular weight excluding hydrogens is 1470 g/mol. The van der Waals surface area contributed by atoms with Crippen molar-refractivity contribution in [1.82, 2.24) is 44.8 Å². The van der Waals surface area contributed by atoms with Crippen LogP contribution in [0.3, 0.4) is 0 Å². The molecule has 9 nitrogen and oxygen atoms in total. The molecule has 6 heterocycles. The molecule has 117 heavy (non-hydrogen) atoms. The van der Waals surface area contributed by atoms with Crippen molar-refractivity contribution >= 4 is 335 Å². The van der Waals surface area contributed by atoms with Gasteiger partial charge in [0.15, 0.2) is 0 Å². The molecule has 0 saturated carbocycles. The summed E-state index contributed by atoms with van der Waals surface area (Å²) in [4.78, 5) is 48.2. The number of aromatic nitrogens is 8. The van der Waals surface area contributed by atoms with Crippen molar-refractivity contribution in [3.63, 3.8) is 0 Å². The van der Waals surface area contributed by atoms with E-state index in [0.29, 0.717) is 45.9 Å². The number of nitrogens with zero attached hydrogens (tertiary/aromatic N) is 9. The van der Waals surface area contributed by atoms with E-state index in [-0.39, 0.29) is 39.4 Å². The Labute approximate surface area is 663 Å². The molecule has 0 N–H and O–H groups in total. The first-order chi connectivity index (χ1) is 56.5. The van der Waals surface area contributed by atoms with E-state index in [2.05, 4.69) is 147 Å². The fraction of sp³-hybridized carbons (Fsp3) is 0.159. The Morgan fingerprint density at radius 3 is 0.872 bits per heavy atom. The number of hydrogen-bond donors (Lipinski definition) is 0. The maximum absolute atomic E-state index is 5.91. The molecule has 10 heteroatoms. The molecule has 529 valence electrons. The van der Waals surface area contributed by atoms with Crippen LogP contribution in [0.2, 0.25) is 0 Å². The van der Waals surface area contributed by atoms with Gasteiger partial charge in [0, 0.05) is 57.4 Å². The molecule has 0 amide bonds. The predicted molar refractivity (Wildman–Crippen MR) is 479 cm³/mol. The van der Waals surface area contributed by atoms with Crippen LogP contribution in [0.15, 0.2) is 72.8 Å². The summed E-state index contributed by atoms with van der Waals surface area (Å²) in [6.45, 7) is 21.4. The fourth-order valence-electron chi connectivity index (χ4n) is 32.8. The van der Waals surface area contributed by atoms with Gasteiger partial charge in [0.2, 0.25) is 0 Å². The number of rotatable bonds is 1. The Kier molecular flexibility index (Phi) is 6.44. The summed E-state index contributed by atoms with van der Waals surface area (Å²) < 4.78 is 0. The largest absolute Gasteiger partial charge is 2.00 e. The minimum absolute atomic E-state index is 0. The molecule has 3 aromatic heterocycles. The number of benzene rings is 21. The van der Waals surface area contributed by atoms with Crippen molar-refractivity contribution in [3.8, 4) is 45.6 Å². The Morgan fingerprint density at radius 1 is 0.265 bits per heavy atom. The molecule has 8 bridgehead atoms. The molecule has 4 aliphatic carbocycles.